The van der Waals surface area contributed by atoms with E-state index in [9.17, 15) is 24.3 Å². The largest absolute Gasteiger partial charge is 0.445 e. The van der Waals surface area contributed by atoms with Gasteiger partial charge >= 0.3 is 6.09 Å². The van der Waals surface area contributed by atoms with E-state index < -0.39 is 42.1 Å². The van der Waals surface area contributed by atoms with E-state index in [1.165, 1.54) is 11.3 Å². The number of benzene rings is 3. The molecule has 0 saturated heterocycles. The van der Waals surface area contributed by atoms with Gasteiger partial charge in [0.05, 0.1) is 23.6 Å². The van der Waals surface area contributed by atoms with Crippen molar-refractivity contribution in [3.63, 3.8) is 0 Å². The Balaban J connectivity index is 1.54. The molecule has 4 rings (SSSR count). The van der Waals surface area contributed by atoms with Gasteiger partial charge in [-0.15, -0.1) is 11.3 Å². The Morgan fingerprint density at radius 3 is 2.25 bits per heavy atom. The number of ether oxygens (including phenoxy) is 1. The molecule has 278 valence electrons. The van der Waals surface area contributed by atoms with Crippen LogP contribution in [-0.4, -0.2) is 64.7 Å². The molecule has 0 bridgehead atoms. The van der Waals surface area contributed by atoms with E-state index in [2.05, 4.69) is 26.3 Å². The predicted molar refractivity (Wildman–Crippen MR) is 203 cm³/mol. The molecule has 5 N–H and O–H groups in total. The van der Waals surface area contributed by atoms with Crippen molar-refractivity contribution in [2.24, 2.45) is 11.8 Å². The second-order valence-corrected chi connectivity index (χ2v) is 14.6. The summed E-state index contributed by atoms with van der Waals surface area (Å²) < 4.78 is 5.48. The lowest BCUT2D eigenvalue weighted by molar-refractivity contribution is -0.131. The lowest BCUT2D eigenvalue weighted by atomic mass is 9.96. The summed E-state index contributed by atoms with van der Waals surface area (Å²) in [5.41, 5.74) is 1.62. The Hall–Kier alpha value is -4.81. The number of hydrogen-bond acceptors (Lipinski definition) is 8. The molecule has 0 aliphatic rings. The number of hydrogen-bond donors (Lipinski definition) is 5. The highest BCUT2D eigenvalue weighted by Crippen LogP contribution is 2.21. The van der Waals surface area contributed by atoms with Gasteiger partial charge in [-0.1, -0.05) is 107 Å². The quantitative estimate of drug-likeness (QED) is 0.0876. The fourth-order valence-electron chi connectivity index (χ4n) is 5.76. The number of aliphatic hydroxyl groups is 1. The maximum absolute atomic E-state index is 14.2. The number of carbonyl (C=O) groups is 4. The average Bonchev–Trinajstić information content (AvgIpc) is 3.65. The molecule has 52 heavy (non-hydrogen) atoms. The van der Waals surface area contributed by atoms with Crippen LogP contribution in [0, 0.1) is 11.8 Å². The van der Waals surface area contributed by atoms with Gasteiger partial charge in [-0.3, -0.25) is 14.4 Å². The van der Waals surface area contributed by atoms with Gasteiger partial charge in [-0.05, 0) is 40.2 Å². The van der Waals surface area contributed by atoms with Crippen molar-refractivity contribution in [2.75, 3.05) is 6.54 Å². The fourth-order valence-corrected chi connectivity index (χ4v) is 6.42. The number of nitrogens with one attached hydrogen (secondary N) is 4. The minimum atomic E-state index is -1.15. The van der Waals surface area contributed by atoms with Crippen LogP contribution in [0.5, 0.6) is 0 Å². The zero-order valence-corrected chi connectivity index (χ0v) is 31.2. The molecular weight excluding hydrogens is 679 g/mol. The van der Waals surface area contributed by atoms with Gasteiger partial charge < -0.3 is 31.1 Å². The number of rotatable bonds is 19. The van der Waals surface area contributed by atoms with Crippen LogP contribution in [0.2, 0.25) is 0 Å². The lowest BCUT2D eigenvalue weighted by Gasteiger charge is -2.29. The number of thiazole rings is 1. The Bertz CT molecular complexity index is 1730. The van der Waals surface area contributed by atoms with E-state index in [-0.39, 0.29) is 37.7 Å². The summed E-state index contributed by atoms with van der Waals surface area (Å²) in [5, 5.41) is 26.8. The molecule has 4 aromatic rings. The average molecular weight is 730 g/mol. The molecule has 5 atom stereocenters. The number of carbonyl (C=O) groups excluding carboxylic acids is 4. The summed E-state index contributed by atoms with van der Waals surface area (Å²) in [6.45, 7) is 8.51. The molecule has 3 unspecified atom stereocenters. The first-order chi connectivity index (χ1) is 25.0. The third kappa shape index (κ3) is 12.8. The highest BCUT2D eigenvalue weighted by Gasteiger charge is 2.32. The van der Waals surface area contributed by atoms with Crippen molar-refractivity contribution in [1.29, 1.82) is 0 Å². The zero-order valence-electron chi connectivity index (χ0n) is 30.3. The number of fused-ring (bicyclic) bond motifs is 1. The summed E-state index contributed by atoms with van der Waals surface area (Å²) in [6.07, 6.45) is 1.02. The first-order valence-corrected chi connectivity index (χ1v) is 18.8. The molecule has 0 aliphatic heterocycles. The number of nitrogens with zero attached hydrogens (tertiary/aromatic N) is 1. The standard InChI is InChI=1S/C40H51N5O6S/c1-5-27(4)24-42-36(47)23-35(46)32(20-26(2)3)43-39(49)34(22-37-41-18-19-52-37)44-38(48)33(45-40(50)51-25-28-12-7-6-8-13-28)21-30-16-11-15-29-14-9-10-17-31(29)30/h6-19,26-27,32-35,46H,5,20-25H2,1-4H3,(H,42,47)(H,43,49)(H,44,48)(H,45,50)/t27?,32?,33-,34-,35?/m0/s1. The predicted octanol–water partition coefficient (Wildman–Crippen LogP) is 5.31. The van der Waals surface area contributed by atoms with Crippen molar-refractivity contribution in [3.05, 3.63) is 101 Å². The molecule has 0 fully saturated rings. The van der Waals surface area contributed by atoms with Crippen LogP contribution in [-0.2, 0) is 38.6 Å². The van der Waals surface area contributed by atoms with Gasteiger partial charge in [0.2, 0.25) is 17.7 Å². The highest BCUT2D eigenvalue weighted by molar-refractivity contribution is 7.09. The molecule has 11 nitrogen and oxygen atoms in total. The first-order valence-electron chi connectivity index (χ1n) is 17.9. The van der Waals surface area contributed by atoms with Crippen LogP contribution in [0.15, 0.2) is 84.4 Å². The van der Waals surface area contributed by atoms with Crippen molar-refractivity contribution in [1.82, 2.24) is 26.3 Å². The SMILES string of the molecule is CCC(C)CNC(=O)CC(O)C(CC(C)C)NC(=O)[C@H](Cc1nccs1)NC(=O)[C@H](Cc1cccc2ccccc12)NC(=O)OCc1ccccc1. The van der Waals surface area contributed by atoms with Gasteiger partial charge in [0.15, 0.2) is 0 Å². The zero-order chi connectivity index (χ0) is 37.5. The van der Waals surface area contributed by atoms with Crippen LogP contribution in [0.4, 0.5) is 4.79 Å². The van der Waals surface area contributed by atoms with Crippen molar-refractivity contribution < 1.29 is 29.0 Å². The van der Waals surface area contributed by atoms with Crippen molar-refractivity contribution in [2.45, 2.75) is 90.6 Å². The van der Waals surface area contributed by atoms with E-state index in [0.717, 1.165) is 28.3 Å². The first kappa shape index (κ1) is 40.0. The summed E-state index contributed by atoms with van der Waals surface area (Å²) >= 11 is 1.34. The van der Waals surface area contributed by atoms with Crippen molar-refractivity contribution >= 4 is 45.9 Å². The second-order valence-electron chi connectivity index (χ2n) is 13.6. The minimum Gasteiger partial charge on any atom is -0.445 e. The number of alkyl carbamates (subject to hydrolysis) is 1. The number of amides is 4. The third-order valence-corrected chi connectivity index (χ3v) is 9.68. The van der Waals surface area contributed by atoms with Crippen LogP contribution in [0.3, 0.4) is 0 Å². The molecule has 0 radical (unpaired) electrons. The molecule has 3 aromatic carbocycles. The Kier molecular flexibility index (Phi) is 15.6. The number of aromatic nitrogens is 1. The highest BCUT2D eigenvalue weighted by atomic mass is 32.1. The number of aliphatic hydroxyl groups excluding tert-OH is 1. The topological polar surface area (TPSA) is 159 Å². The Morgan fingerprint density at radius 2 is 1.54 bits per heavy atom. The molecule has 1 heterocycles. The summed E-state index contributed by atoms with van der Waals surface area (Å²) in [7, 11) is 0. The van der Waals surface area contributed by atoms with Gasteiger partial charge in [0, 0.05) is 31.0 Å². The van der Waals surface area contributed by atoms with E-state index >= 15 is 0 Å². The van der Waals surface area contributed by atoms with Crippen molar-refractivity contribution in [3.8, 4) is 0 Å². The molecule has 1 aromatic heterocycles. The van der Waals surface area contributed by atoms with Crippen LogP contribution < -0.4 is 21.3 Å². The van der Waals surface area contributed by atoms with E-state index in [0.29, 0.717) is 23.9 Å². The summed E-state index contributed by atoms with van der Waals surface area (Å²) in [5.74, 6) is -1.04. The van der Waals surface area contributed by atoms with E-state index in [1.807, 2.05) is 100 Å². The van der Waals surface area contributed by atoms with Crippen LogP contribution in [0.1, 0.15) is 63.1 Å². The van der Waals surface area contributed by atoms with E-state index in [1.54, 1.807) is 11.6 Å². The van der Waals surface area contributed by atoms with Gasteiger partial charge in [-0.2, -0.15) is 0 Å². The molecule has 12 heteroatoms. The Labute approximate surface area is 310 Å². The summed E-state index contributed by atoms with van der Waals surface area (Å²) in [4.78, 5) is 58.3. The van der Waals surface area contributed by atoms with Crippen LogP contribution >= 0.6 is 11.3 Å². The minimum absolute atomic E-state index is 0.0135. The van der Waals surface area contributed by atoms with Gasteiger partial charge in [0.1, 0.15) is 18.7 Å². The smallest absolute Gasteiger partial charge is 0.408 e. The molecular formula is C40H51N5O6S. The van der Waals surface area contributed by atoms with Gasteiger partial charge in [0.25, 0.3) is 0 Å². The Morgan fingerprint density at radius 1 is 0.846 bits per heavy atom. The maximum Gasteiger partial charge on any atom is 0.408 e. The summed E-state index contributed by atoms with van der Waals surface area (Å²) in [6, 6.07) is 19.8. The molecule has 0 saturated carbocycles. The fraction of sp³-hybridized carbons (Fsp3) is 0.425. The van der Waals surface area contributed by atoms with E-state index in [4.69, 9.17) is 4.74 Å². The van der Waals surface area contributed by atoms with Crippen LogP contribution in [0.25, 0.3) is 10.8 Å². The molecule has 4 amide bonds. The monoisotopic (exact) mass is 729 g/mol. The second kappa shape index (κ2) is 20.3. The lowest BCUT2D eigenvalue weighted by Crippen LogP contribution is -2.57. The molecule has 0 spiro atoms. The molecule has 0 aliphatic carbocycles. The third-order valence-electron chi connectivity index (χ3n) is 8.88. The normalized spacial score (nSPS) is 14.1. The van der Waals surface area contributed by atoms with Gasteiger partial charge in [-0.25, -0.2) is 9.78 Å². The maximum atomic E-state index is 14.2.